The second kappa shape index (κ2) is 12.3. The maximum atomic E-state index is 15.4. The Morgan fingerprint density at radius 2 is 2.09 bits per heavy atom. The average molecular weight is 507 g/mol. The van der Waals surface area contributed by atoms with Gasteiger partial charge in [0.05, 0.1) is 24.7 Å². The minimum atomic E-state index is -1.54. The van der Waals surface area contributed by atoms with E-state index in [-0.39, 0.29) is 17.9 Å². The van der Waals surface area contributed by atoms with Crippen LogP contribution in [0.25, 0.3) is 10.9 Å². The SMILES string of the molecule is COc1ccc2ncc(F)c([C@@H](F)CC[C@H]3CCN(CCSC4CCCCC4)C[C@H]3C(=O)O)c2c1. The number of thioether (sulfide) groups is 1. The fourth-order valence-electron chi connectivity index (χ4n) is 5.59. The number of aliphatic carboxylic acids is 1. The van der Waals surface area contributed by atoms with Crippen molar-refractivity contribution in [2.24, 2.45) is 11.8 Å². The summed E-state index contributed by atoms with van der Waals surface area (Å²) >= 11 is 2.03. The van der Waals surface area contributed by atoms with Gasteiger partial charge in [-0.3, -0.25) is 9.78 Å². The highest BCUT2D eigenvalue weighted by Crippen LogP contribution is 2.37. The zero-order valence-electron chi connectivity index (χ0n) is 20.4. The number of carboxylic acid groups (broad SMARTS) is 1. The highest BCUT2D eigenvalue weighted by Gasteiger charge is 2.35. The highest BCUT2D eigenvalue weighted by atomic mass is 32.2. The summed E-state index contributed by atoms with van der Waals surface area (Å²) in [5, 5.41) is 11.0. The van der Waals surface area contributed by atoms with Crippen molar-refractivity contribution in [3.05, 3.63) is 35.8 Å². The van der Waals surface area contributed by atoms with Crippen molar-refractivity contribution in [3.63, 3.8) is 0 Å². The van der Waals surface area contributed by atoms with Crippen LogP contribution in [0.2, 0.25) is 0 Å². The summed E-state index contributed by atoms with van der Waals surface area (Å²) in [6.07, 6.45) is 7.35. The highest BCUT2D eigenvalue weighted by molar-refractivity contribution is 7.99. The van der Waals surface area contributed by atoms with E-state index in [0.29, 0.717) is 29.6 Å². The molecule has 1 aliphatic heterocycles. The van der Waals surface area contributed by atoms with E-state index in [2.05, 4.69) is 9.88 Å². The van der Waals surface area contributed by atoms with Gasteiger partial charge in [-0.05, 0) is 62.8 Å². The van der Waals surface area contributed by atoms with E-state index in [1.165, 1.54) is 39.2 Å². The molecule has 2 fully saturated rings. The number of aromatic nitrogens is 1. The third-order valence-electron chi connectivity index (χ3n) is 7.64. The molecule has 35 heavy (non-hydrogen) atoms. The van der Waals surface area contributed by atoms with Gasteiger partial charge >= 0.3 is 5.97 Å². The van der Waals surface area contributed by atoms with E-state index in [9.17, 15) is 14.3 Å². The van der Waals surface area contributed by atoms with E-state index in [4.69, 9.17) is 4.74 Å². The summed E-state index contributed by atoms with van der Waals surface area (Å²) in [5.41, 5.74) is 0.491. The van der Waals surface area contributed by atoms with Crippen molar-refractivity contribution in [2.75, 3.05) is 32.5 Å². The standard InChI is InChI=1S/C27H36F2N2O3S/c1-34-19-8-10-25-21(15-19)26(24(29)16-30-25)23(28)9-7-18-11-12-31(17-22(18)27(32)33)13-14-35-20-5-3-2-4-6-20/h8,10,15-16,18,20,22-23H,2-7,9,11-14,17H2,1H3,(H,32,33)/t18-,22+,23-/m0/s1. The van der Waals surface area contributed by atoms with Gasteiger partial charge in [-0.1, -0.05) is 19.3 Å². The number of benzene rings is 1. The van der Waals surface area contributed by atoms with E-state index in [0.717, 1.165) is 36.7 Å². The van der Waals surface area contributed by atoms with Crippen LogP contribution in [0.3, 0.4) is 0 Å². The summed E-state index contributed by atoms with van der Waals surface area (Å²) in [6.45, 7) is 2.24. The molecule has 4 rings (SSSR count). The lowest BCUT2D eigenvalue weighted by molar-refractivity contribution is -0.146. The van der Waals surface area contributed by atoms with Crippen molar-refractivity contribution < 1.29 is 23.4 Å². The van der Waals surface area contributed by atoms with Crippen molar-refractivity contribution >= 4 is 28.6 Å². The number of piperidine rings is 1. The zero-order valence-corrected chi connectivity index (χ0v) is 21.2. The minimum Gasteiger partial charge on any atom is -0.497 e. The van der Waals surface area contributed by atoms with Crippen molar-refractivity contribution in [2.45, 2.75) is 62.8 Å². The number of likely N-dealkylation sites (tertiary alicyclic amines) is 1. The third kappa shape index (κ3) is 6.64. The first kappa shape index (κ1) is 26.1. The molecule has 192 valence electrons. The van der Waals surface area contributed by atoms with Gasteiger partial charge in [-0.2, -0.15) is 11.8 Å². The molecule has 1 saturated heterocycles. The van der Waals surface area contributed by atoms with Crippen molar-refractivity contribution in [1.29, 1.82) is 0 Å². The van der Waals surface area contributed by atoms with Gasteiger partial charge in [-0.25, -0.2) is 8.78 Å². The van der Waals surface area contributed by atoms with E-state index >= 15 is 4.39 Å². The molecule has 2 aromatic rings. The summed E-state index contributed by atoms with van der Waals surface area (Å²) in [6, 6.07) is 5.01. The predicted octanol–water partition coefficient (Wildman–Crippen LogP) is 6.26. The number of hydrogen-bond donors (Lipinski definition) is 1. The number of fused-ring (bicyclic) bond motifs is 1. The first-order valence-corrected chi connectivity index (χ1v) is 13.8. The van der Waals surface area contributed by atoms with Gasteiger partial charge in [0, 0.05) is 35.0 Å². The van der Waals surface area contributed by atoms with Crippen LogP contribution >= 0.6 is 11.8 Å². The quantitative estimate of drug-likeness (QED) is 0.410. The number of nitrogens with zero attached hydrogens (tertiary/aromatic N) is 2. The average Bonchev–Trinajstić information content (AvgIpc) is 2.87. The zero-order chi connectivity index (χ0) is 24.8. The molecule has 0 radical (unpaired) electrons. The lowest BCUT2D eigenvalue weighted by Crippen LogP contribution is -2.44. The molecule has 0 bridgehead atoms. The largest absolute Gasteiger partial charge is 0.497 e. The summed E-state index contributed by atoms with van der Waals surface area (Å²) in [4.78, 5) is 18.4. The second-order valence-electron chi connectivity index (χ2n) is 9.87. The van der Waals surface area contributed by atoms with Crippen LogP contribution < -0.4 is 4.74 Å². The van der Waals surface area contributed by atoms with Gasteiger partial charge in [0.15, 0.2) is 0 Å². The van der Waals surface area contributed by atoms with Crippen LogP contribution in [0, 0.1) is 17.7 Å². The first-order valence-electron chi connectivity index (χ1n) is 12.8. The van der Waals surface area contributed by atoms with Gasteiger partial charge in [0.1, 0.15) is 17.7 Å². The van der Waals surface area contributed by atoms with Crippen LogP contribution in [0.15, 0.2) is 24.4 Å². The fraction of sp³-hybridized carbons (Fsp3) is 0.630. The normalized spacial score (nSPS) is 22.8. The number of rotatable bonds is 10. The maximum absolute atomic E-state index is 15.4. The molecule has 0 spiro atoms. The number of ether oxygens (including phenoxy) is 1. The topological polar surface area (TPSA) is 62.7 Å². The summed E-state index contributed by atoms with van der Waals surface area (Å²) < 4.78 is 35.3. The van der Waals surface area contributed by atoms with Crippen molar-refractivity contribution in [1.82, 2.24) is 9.88 Å². The first-order chi connectivity index (χ1) is 17.0. The molecule has 1 N–H and O–H groups in total. The molecule has 0 amide bonds. The number of hydrogen-bond acceptors (Lipinski definition) is 5. The Kier molecular flexibility index (Phi) is 9.22. The van der Waals surface area contributed by atoms with E-state index in [1.807, 2.05) is 11.8 Å². The van der Waals surface area contributed by atoms with Crippen LogP contribution in [0.4, 0.5) is 8.78 Å². The number of carbonyl (C=O) groups is 1. The minimum absolute atomic E-state index is 0.0158. The van der Waals surface area contributed by atoms with E-state index < -0.39 is 23.9 Å². The van der Waals surface area contributed by atoms with Crippen molar-refractivity contribution in [3.8, 4) is 5.75 Å². The Labute approximate surface area is 210 Å². The lowest BCUT2D eigenvalue weighted by Gasteiger charge is -2.37. The molecule has 5 nitrogen and oxygen atoms in total. The van der Waals surface area contributed by atoms with Gasteiger partial charge < -0.3 is 14.7 Å². The smallest absolute Gasteiger partial charge is 0.308 e. The molecule has 1 aliphatic carbocycles. The Morgan fingerprint density at radius 3 is 2.83 bits per heavy atom. The van der Waals surface area contributed by atoms with Crippen LogP contribution in [0.1, 0.15) is 63.1 Å². The molecular weight excluding hydrogens is 470 g/mol. The van der Waals surface area contributed by atoms with Gasteiger partial charge in [0.2, 0.25) is 0 Å². The Balaban J connectivity index is 1.34. The second-order valence-corrected chi connectivity index (χ2v) is 11.3. The Morgan fingerprint density at radius 1 is 1.29 bits per heavy atom. The molecular formula is C27H36F2N2O3S. The predicted molar refractivity (Wildman–Crippen MR) is 136 cm³/mol. The molecule has 1 aromatic heterocycles. The number of methoxy groups -OCH3 is 1. The molecule has 1 aromatic carbocycles. The van der Waals surface area contributed by atoms with Crippen LogP contribution in [-0.2, 0) is 4.79 Å². The number of pyridine rings is 1. The van der Waals surface area contributed by atoms with Crippen LogP contribution in [-0.4, -0.2) is 58.7 Å². The van der Waals surface area contributed by atoms with E-state index in [1.54, 1.807) is 18.2 Å². The maximum Gasteiger partial charge on any atom is 0.308 e. The number of halogens is 2. The molecule has 8 heteroatoms. The Hall–Kier alpha value is -1.93. The summed E-state index contributed by atoms with van der Waals surface area (Å²) in [5.74, 6) is -0.586. The number of alkyl halides is 1. The summed E-state index contributed by atoms with van der Waals surface area (Å²) in [7, 11) is 1.51. The molecule has 3 atom stereocenters. The monoisotopic (exact) mass is 506 g/mol. The molecule has 2 heterocycles. The Bertz CT molecular complexity index is 1000. The fourth-order valence-corrected chi connectivity index (χ4v) is 6.96. The third-order valence-corrected chi connectivity index (χ3v) is 9.00. The van der Waals surface area contributed by atoms with Crippen LogP contribution in [0.5, 0.6) is 5.75 Å². The van der Waals surface area contributed by atoms with Gasteiger partial charge in [-0.15, -0.1) is 0 Å². The molecule has 0 unspecified atom stereocenters. The molecule has 2 aliphatic rings. The lowest BCUT2D eigenvalue weighted by atomic mass is 9.81. The molecule has 1 saturated carbocycles. The van der Waals surface area contributed by atoms with Gasteiger partial charge in [0.25, 0.3) is 0 Å². The number of carboxylic acids is 1.